The van der Waals surface area contributed by atoms with Gasteiger partial charge in [0.05, 0.1) is 17.1 Å². The van der Waals surface area contributed by atoms with Crippen molar-refractivity contribution in [2.75, 3.05) is 12.4 Å². The Bertz CT molecular complexity index is 1110. The number of hydrogen-bond donors (Lipinski definition) is 1. The van der Waals surface area contributed by atoms with E-state index in [0.717, 1.165) is 47.0 Å². The molecular weight excluding hydrogens is 484 g/mol. The van der Waals surface area contributed by atoms with E-state index in [-0.39, 0.29) is 5.91 Å². The standard InChI is InChI=1S/C23H20BrClN2O2S/c1-29-21-14(11-15(25)12-18(21)24)13-26-23-20(17-9-5-6-10-19(17)30-23)22(28)27-16-7-3-2-4-8-16/h2-4,7-8,11-13H,5-6,9-10H2,1H3,(H,27,28). The molecule has 1 aromatic heterocycles. The van der Waals surface area contributed by atoms with Crippen LogP contribution in [0.15, 0.2) is 51.9 Å². The molecule has 0 radical (unpaired) electrons. The summed E-state index contributed by atoms with van der Waals surface area (Å²) in [4.78, 5) is 19.1. The highest BCUT2D eigenvalue weighted by atomic mass is 79.9. The van der Waals surface area contributed by atoms with Crippen LogP contribution in [0, 0.1) is 0 Å². The highest BCUT2D eigenvalue weighted by Gasteiger charge is 2.25. The first-order valence-electron chi connectivity index (χ1n) is 9.65. The lowest BCUT2D eigenvalue weighted by Crippen LogP contribution is -2.14. The number of nitrogens with zero attached hydrogens (tertiary/aromatic N) is 1. The summed E-state index contributed by atoms with van der Waals surface area (Å²) in [5.41, 5.74) is 3.33. The molecule has 1 heterocycles. The van der Waals surface area contributed by atoms with Crippen LogP contribution in [0.1, 0.15) is 39.2 Å². The molecule has 0 unspecified atom stereocenters. The van der Waals surface area contributed by atoms with Gasteiger partial charge in [-0.05, 0) is 71.4 Å². The Hall–Kier alpha value is -2.15. The molecule has 4 nitrogen and oxygen atoms in total. The lowest BCUT2D eigenvalue weighted by Gasteiger charge is -2.12. The molecule has 2 aromatic carbocycles. The van der Waals surface area contributed by atoms with E-state index in [1.807, 2.05) is 30.3 Å². The maximum Gasteiger partial charge on any atom is 0.259 e. The zero-order valence-corrected chi connectivity index (χ0v) is 19.5. The zero-order valence-electron chi connectivity index (χ0n) is 16.4. The lowest BCUT2D eigenvalue weighted by atomic mass is 9.95. The van der Waals surface area contributed by atoms with Gasteiger partial charge >= 0.3 is 0 Å². The molecule has 3 aromatic rings. The average molecular weight is 504 g/mol. The number of para-hydroxylation sites is 1. The number of anilines is 1. The van der Waals surface area contributed by atoms with E-state index < -0.39 is 0 Å². The van der Waals surface area contributed by atoms with Crippen LogP contribution in [0.3, 0.4) is 0 Å². The predicted octanol–water partition coefficient (Wildman–Crippen LogP) is 7.05. The number of amides is 1. The van der Waals surface area contributed by atoms with Crippen molar-refractivity contribution in [3.05, 3.63) is 73.5 Å². The van der Waals surface area contributed by atoms with Gasteiger partial charge in [-0.15, -0.1) is 11.3 Å². The Balaban J connectivity index is 1.73. The largest absolute Gasteiger partial charge is 0.495 e. The van der Waals surface area contributed by atoms with Crippen molar-refractivity contribution in [2.45, 2.75) is 25.7 Å². The summed E-state index contributed by atoms with van der Waals surface area (Å²) in [5.74, 6) is 0.534. The number of hydrogen-bond acceptors (Lipinski definition) is 4. The highest BCUT2D eigenvalue weighted by Crippen LogP contribution is 2.40. The third kappa shape index (κ3) is 4.46. The van der Waals surface area contributed by atoms with Crippen LogP contribution < -0.4 is 10.1 Å². The van der Waals surface area contributed by atoms with Crippen LogP contribution in [-0.4, -0.2) is 19.2 Å². The number of methoxy groups -OCH3 is 1. The number of carbonyl (C=O) groups is 1. The number of rotatable bonds is 5. The van der Waals surface area contributed by atoms with E-state index in [4.69, 9.17) is 21.3 Å². The monoisotopic (exact) mass is 502 g/mol. The molecule has 7 heteroatoms. The summed E-state index contributed by atoms with van der Waals surface area (Å²) in [5, 5.41) is 4.31. The third-order valence-electron chi connectivity index (χ3n) is 4.97. The lowest BCUT2D eigenvalue weighted by molar-refractivity contribution is 0.102. The van der Waals surface area contributed by atoms with Gasteiger partial charge in [-0.1, -0.05) is 29.8 Å². The van der Waals surface area contributed by atoms with E-state index in [9.17, 15) is 4.79 Å². The van der Waals surface area contributed by atoms with E-state index in [1.165, 1.54) is 4.88 Å². The molecule has 1 N–H and O–H groups in total. The molecule has 0 aliphatic heterocycles. The number of thiophene rings is 1. The topological polar surface area (TPSA) is 50.7 Å². The molecule has 0 saturated carbocycles. The fourth-order valence-corrected chi connectivity index (χ4v) is 5.84. The first kappa shape index (κ1) is 21.1. The minimum Gasteiger partial charge on any atom is -0.495 e. The van der Waals surface area contributed by atoms with Gasteiger partial charge in [0, 0.05) is 27.4 Å². The first-order valence-corrected chi connectivity index (χ1v) is 11.6. The minimum absolute atomic E-state index is 0.119. The molecule has 0 bridgehead atoms. The molecule has 4 rings (SSSR count). The smallest absolute Gasteiger partial charge is 0.259 e. The number of nitrogens with one attached hydrogen (secondary N) is 1. The maximum atomic E-state index is 13.2. The average Bonchev–Trinajstić information content (AvgIpc) is 3.11. The van der Waals surface area contributed by atoms with Crippen molar-refractivity contribution >= 4 is 61.7 Å². The summed E-state index contributed by atoms with van der Waals surface area (Å²) in [6, 6.07) is 13.1. The van der Waals surface area contributed by atoms with Crippen LogP contribution in [0.5, 0.6) is 5.75 Å². The number of fused-ring (bicyclic) bond motifs is 1. The summed E-state index contributed by atoms with van der Waals surface area (Å²) in [7, 11) is 1.61. The van der Waals surface area contributed by atoms with E-state index in [2.05, 4.69) is 21.2 Å². The van der Waals surface area contributed by atoms with Gasteiger partial charge in [0.2, 0.25) is 0 Å². The van der Waals surface area contributed by atoms with Crippen molar-refractivity contribution in [1.82, 2.24) is 0 Å². The summed E-state index contributed by atoms with van der Waals surface area (Å²) in [6.45, 7) is 0. The van der Waals surface area contributed by atoms with Gasteiger partial charge in [-0.3, -0.25) is 4.79 Å². The Kier molecular flexibility index (Phi) is 6.56. The van der Waals surface area contributed by atoms with Crippen LogP contribution in [0.4, 0.5) is 10.7 Å². The number of aliphatic imine (C=N–C) groups is 1. The molecule has 1 amide bonds. The van der Waals surface area contributed by atoms with Gasteiger partial charge in [0.25, 0.3) is 5.91 Å². The summed E-state index contributed by atoms with van der Waals surface area (Å²) >= 11 is 11.3. The van der Waals surface area contributed by atoms with Crippen LogP contribution in [0.2, 0.25) is 5.02 Å². The predicted molar refractivity (Wildman–Crippen MR) is 128 cm³/mol. The molecule has 0 saturated heterocycles. The number of carbonyl (C=O) groups excluding carboxylic acids is 1. The zero-order chi connectivity index (χ0) is 21.1. The van der Waals surface area contributed by atoms with Crippen molar-refractivity contribution in [3.8, 4) is 5.75 Å². The van der Waals surface area contributed by atoms with Crippen molar-refractivity contribution in [3.63, 3.8) is 0 Å². The number of benzene rings is 2. The van der Waals surface area contributed by atoms with Gasteiger partial charge < -0.3 is 10.1 Å². The second-order valence-electron chi connectivity index (χ2n) is 6.98. The van der Waals surface area contributed by atoms with E-state index in [1.54, 1.807) is 36.8 Å². The van der Waals surface area contributed by atoms with Crippen molar-refractivity contribution in [2.24, 2.45) is 4.99 Å². The van der Waals surface area contributed by atoms with Crippen molar-refractivity contribution < 1.29 is 9.53 Å². The summed E-state index contributed by atoms with van der Waals surface area (Å²) < 4.78 is 6.24. The van der Waals surface area contributed by atoms with Gasteiger partial charge in [0.15, 0.2) is 0 Å². The Morgan fingerprint density at radius 3 is 2.77 bits per heavy atom. The molecule has 1 aliphatic carbocycles. The quantitative estimate of drug-likeness (QED) is 0.379. The molecule has 30 heavy (non-hydrogen) atoms. The summed E-state index contributed by atoms with van der Waals surface area (Å²) in [6.07, 6.45) is 5.85. The fourth-order valence-electron chi connectivity index (χ4n) is 3.61. The number of ether oxygens (including phenoxy) is 1. The Morgan fingerprint density at radius 1 is 1.23 bits per heavy atom. The van der Waals surface area contributed by atoms with Gasteiger partial charge in [0.1, 0.15) is 10.8 Å². The molecule has 154 valence electrons. The fraction of sp³-hybridized carbons (Fsp3) is 0.217. The van der Waals surface area contributed by atoms with E-state index in [0.29, 0.717) is 21.3 Å². The first-order chi connectivity index (χ1) is 14.6. The Labute approximate surface area is 193 Å². The molecule has 1 aliphatic rings. The number of halogens is 2. The number of aryl methyl sites for hydroxylation is 1. The molecule has 0 spiro atoms. The van der Waals surface area contributed by atoms with Gasteiger partial charge in [-0.25, -0.2) is 4.99 Å². The maximum absolute atomic E-state index is 13.2. The normalized spacial score (nSPS) is 13.3. The van der Waals surface area contributed by atoms with E-state index >= 15 is 0 Å². The second kappa shape index (κ2) is 9.33. The van der Waals surface area contributed by atoms with Crippen LogP contribution >= 0.6 is 38.9 Å². The molecule has 0 fully saturated rings. The minimum atomic E-state index is -0.119. The SMILES string of the molecule is COc1c(Br)cc(Cl)cc1C=Nc1sc2c(c1C(=O)Nc1ccccc1)CCCC2. The van der Waals surface area contributed by atoms with Crippen molar-refractivity contribution in [1.29, 1.82) is 0 Å². The van der Waals surface area contributed by atoms with Crippen LogP contribution in [-0.2, 0) is 12.8 Å². The molecule has 0 atom stereocenters. The van der Waals surface area contributed by atoms with Gasteiger partial charge in [-0.2, -0.15) is 0 Å². The highest BCUT2D eigenvalue weighted by molar-refractivity contribution is 9.10. The van der Waals surface area contributed by atoms with Crippen LogP contribution in [0.25, 0.3) is 0 Å². The third-order valence-corrected chi connectivity index (χ3v) is 6.98. The Morgan fingerprint density at radius 2 is 2.00 bits per heavy atom. The second-order valence-corrected chi connectivity index (χ2v) is 9.35. The molecular formula is C23H20BrClN2O2S.